The molecular formula is C6H4F2O2. The van der Waals surface area contributed by atoms with Crippen molar-refractivity contribution in [1.82, 2.24) is 0 Å². The predicted molar refractivity (Wildman–Crippen MR) is 28.3 cm³/mol. The Morgan fingerprint density at radius 1 is 1.70 bits per heavy atom. The van der Waals surface area contributed by atoms with Crippen molar-refractivity contribution in [2.24, 2.45) is 0 Å². The van der Waals surface area contributed by atoms with Gasteiger partial charge in [0, 0.05) is 0 Å². The Labute approximate surface area is 56.2 Å². The van der Waals surface area contributed by atoms with Crippen LogP contribution in [0.2, 0.25) is 0 Å². The molecule has 0 aliphatic carbocycles. The van der Waals surface area contributed by atoms with Gasteiger partial charge in [-0.3, -0.25) is 4.79 Å². The fourth-order valence-corrected chi connectivity index (χ4v) is 0.691. The third-order valence-corrected chi connectivity index (χ3v) is 1.16. The number of carbonyl (C=O) groups excluding carboxylic acids is 1. The second-order valence-corrected chi connectivity index (χ2v) is 2.02. The van der Waals surface area contributed by atoms with Gasteiger partial charge < -0.3 is 4.74 Å². The lowest BCUT2D eigenvalue weighted by molar-refractivity contribution is -0.137. The molecule has 4 heteroatoms. The summed E-state index contributed by atoms with van der Waals surface area (Å²) in [4.78, 5) is 10.3. The van der Waals surface area contributed by atoms with Gasteiger partial charge in [-0.1, -0.05) is 0 Å². The highest BCUT2D eigenvalue weighted by Crippen LogP contribution is 2.22. The van der Waals surface area contributed by atoms with Gasteiger partial charge in [0.1, 0.15) is 12.8 Å². The van der Waals surface area contributed by atoms with Gasteiger partial charge in [-0.25, -0.2) is 4.39 Å². The summed E-state index contributed by atoms with van der Waals surface area (Å²) in [5, 5.41) is 0. The highest BCUT2D eigenvalue weighted by atomic mass is 19.1. The number of esters is 1. The maximum atomic E-state index is 12.8. The zero-order valence-corrected chi connectivity index (χ0v) is 4.99. The number of rotatable bonds is 0. The standard InChI is InChI=1S/C6H4F2O2/c7-2-1-6(8)3-5(9)10-4-6/h3-4H2. The van der Waals surface area contributed by atoms with Gasteiger partial charge in [-0.15, -0.1) is 4.39 Å². The first-order valence-corrected chi connectivity index (χ1v) is 2.64. The van der Waals surface area contributed by atoms with Crippen LogP contribution in [0.4, 0.5) is 8.78 Å². The van der Waals surface area contributed by atoms with Crippen molar-refractivity contribution in [2.75, 3.05) is 6.61 Å². The fourth-order valence-electron chi connectivity index (χ4n) is 0.691. The molecule has 2 nitrogen and oxygen atoms in total. The van der Waals surface area contributed by atoms with Crippen LogP contribution in [0.15, 0.2) is 0 Å². The van der Waals surface area contributed by atoms with Crippen LogP contribution in [0, 0.1) is 12.1 Å². The van der Waals surface area contributed by atoms with Crippen molar-refractivity contribution >= 4 is 5.97 Å². The Morgan fingerprint density at radius 2 is 2.40 bits per heavy atom. The van der Waals surface area contributed by atoms with Crippen molar-refractivity contribution in [1.29, 1.82) is 0 Å². The molecule has 1 rings (SSSR count). The highest BCUT2D eigenvalue weighted by molar-refractivity contribution is 5.74. The Morgan fingerprint density at radius 3 is 2.80 bits per heavy atom. The summed E-state index contributed by atoms with van der Waals surface area (Å²) in [6.45, 7) is -0.456. The Kier molecular flexibility index (Phi) is 1.58. The molecule has 0 saturated carbocycles. The van der Waals surface area contributed by atoms with Crippen molar-refractivity contribution in [2.45, 2.75) is 12.1 Å². The van der Waals surface area contributed by atoms with E-state index in [0.717, 1.165) is 6.17 Å². The Bertz CT molecular complexity index is 216. The number of cyclic esters (lactones) is 1. The second kappa shape index (κ2) is 2.25. The zero-order valence-electron chi connectivity index (χ0n) is 4.99. The van der Waals surface area contributed by atoms with Crippen LogP contribution in [-0.4, -0.2) is 18.2 Å². The van der Waals surface area contributed by atoms with Crippen LogP contribution in [-0.2, 0) is 9.53 Å². The van der Waals surface area contributed by atoms with E-state index < -0.39 is 24.7 Å². The topological polar surface area (TPSA) is 26.3 Å². The summed E-state index contributed by atoms with van der Waals surface area (Å²) in [6.07, 6.45) is 0.445. The lowest BCUT2D eigenvalue weighted by Crippen LogP contribution is -2.19. The van der Waals surface area contributed by atoms with E-state index >= 15 is 0 Å². The smallest absolute Gasteiger partial charge is 0.310 e. The molecule has 0 aromatic carbocycles. The van der Waals surface area contributed by atoms with Crippen molar-refractivity contribution in [3.05, 3.63) is 0 Å². The second-order valence-electron chi connectivity index (χ2n) is 2.02. The van der Waals surface area contributed by atoms with Crippen LogP contribution in [0.5, 0.6) is 0 Å². The van der Waals surface area contributed by atoms with Crippen LogP contribution >= 0.6 is 0 Å². The number of hydrogen-bond donors (Lipinski definition) is 0. The molecule has 1 unspecified atom stereocenters. The van der Waals surface area contributed by atoms with E-state index in [9.17, 15) is 13.6 Å². The first kappa shape index (κ1) is 7.00. The van der Waals surface area contributed by atoms with Gasteiger partial charge in [0.05, 0.1) is 6.42 Å². The van der Waals surface area contributed by atoms with E-state index in [2.05, 4.69) is 4.74 Å². The van der Waals surface area contributed by atoms with Gasteiger partial charge >= 0.3 is 5.97 Å². The van der Waals surface area contributed by atoms with Crippen molar-refractivity contribution in [3.8, 4) is 12.1 Å². The molecule has 0 aromatic heterocycles. The SMILES string of the molecule is O=C1CC(F)(C#CF)CO1. The molecule has 54 valence electrons. The lowest BCUT2D eigenvalue weighted by Gasteiger charge is -2.02. The monoisotopic (exact) mass is 146 g/mol. The first-order valence-electron chi connectivity index (χ1n) is 2.64. The molecule has 0 amide bonds. The lowest BCUT2D eigenvalue weighted by atomic mass is 10.1. The first-order chi connectivity index (χ1) is 4.66. The normalized spacial score (nSPS) is 30.8. The van der Waals surface area contributed by atoms with E-state index in [0.29, 0.717) is 0 Å². The molecule has 1 saturated heterocycles. The number of hydrogen-bond acceptors (Lipinski definition) is 2. The molecule has 1 aliphatic heterocycles. The molecule has 0 bridgehead atoms. The van der Waals surface area contributed by atoms with E-state index in [1.54, 1.807) is 5.92 Å². The minimum absolute atomic E-state index is 0.456. The van der Waals surface area contributed by atoms with E-state index in [1.807, 2.05) is 0 Å². The molecule has 10 heavy (non-hydrogen) atoms. The number of alkyl halides is 1. The number of halogens is 2. The fraction of sp³-hybridized carbons (Fsp3) is 0.500. The molecule has 0 N–H and O–H groups in total. The molecule has 0 aromatic rings. The van der Waals surface area contributed by atoms with Gasteiger partial charge in [-0.2, -0.15) is 0 Å². The molecule has 1 heterocycles. The van der Waals surface area contributed by atoms with E-state index in [4.69, 9.17) is 0 Å². The molecule has 0 spiro atoms. The molecule has 1 fully saturated rings. The van der Waals surface area contributed by atoms with E-state index in [1.165, 1.54) is 0 Å². The number of carbonyl (C=O) groups is 1. The summed E-state index contributed by atoms with van der Waals surface area (Å²) in [6, 6.07) is 0. The molecule has 0 radical (unpaired) electrons. The zero-order chi connectivity index (χ0) is 7.61. The molecule has 1 aliphatic rings. The van der Waals surface area contributed by atoms with Crippen molar-refractivity contribution in [3.63, 3.8) is 0 Å². The minimum atomic E-state index is -2.09. The molecule has 1 atom stereocenters. The maximum absolute atomic E-state index is 12.8. The Hall–Kier alpha value is -1.11. The van der Waals surface area contributed by atoms with Crippen LogP contribution in [0.1, 0.15) is 6.42 Å². The summed E-state index contributed by atoms with van der Waals surface area (Å²) in [5.41, 5.74) is -2.09. The van der Waals surface area contributed by atoms with Gasteiger partial charge in [0.2, 0.25) is 5.67 Å². The summed E-state index contributed by atoms with van der Waals surface area (Å²) in [7, 11) is 0. The molecular weight excluding hydrogens is 142 g/mol. The van der Waals surface area contributed by atoms with E-state index in [-0.39, 0.29) is 0 Å². The third-order valence-electron chi connectivity index (χ3n) is 1.16. The highest BCUT2D eigenvalue weighted by Gasteiger charge is 2.39. The quantitative estimate of drug-likeness (QED) is 0.369. The van der Waals surface area contributed by atoms with Gasteiger partial charge in [-0.05, 0) is 5.92 Å². The predicted octanol–water partition coefficient (Wildman–Crippen LogP) is 0.572. The van der Waals surface area contributed by atoms with Gasteiger partial charge in [0.25, 0.3) is 0 Å². The van der Waals surface area contributed by atoms with Crippen LogP contribution in [0.3, 0.4) is 0 Å². The third kappa shape index (κ3) is 1.24. The summed E-state index contributed by atoms with van der Waals surface area (Å²) in [5.74, 6) is 0.946. The average Bonchev–Trinajstić information content (AvgIpc) is 2.12. The largest absolute Gasteiger partial charge is 0.461 e. The van der Waals surface area contributed by atoms with Crippen LogP contribution < -0.4 is 0 Å². The summed E-state index contributed by atoms with van der Waals surface area (Å²) >= 11 is 0. The van der Waals surface area contributed by atoms with Gasteiger partial charge in [0.15, 0.2) is 0 Å². The van der Waals surface area contributed by atoms with Crippen molar-refractivity contribution < 1.29 is 18.3 Å². The maximum Gasteiger partial charge on any atom is 0.310 e. The minimum Gasteiger partial charge on any atom is -0.461 e. The number of ether oxygens (including phenoxy) is 1. The summed E-state index contributed by atoms with van der Waals surface area (Å²) < 4.78 is 28.3. The van der Waals surface area contributed by atoms with Crippen LogP contribution in [0.25, 0.3) is 0 Å². The Balaban J connectivity index is 2.69. The average molecular weight is 146 g/mol.